The molecule has 0 N–H and O–H groups in total. The molecule has 0 aromatic carbocycles. The molecule has 84 valence electrons. The maximum absolute atomic E-state index is 11.8. The van der Waals surface area contributed by atoms with Crippen LogP contribution < -0.4 is 0 Å². The van der Waals surface area contributed by atoms with E-state index in [0.29, 0.717) is 5.57 Å². The number of carbonyl (C=O) groups excluding carboxylic acids is 2. The predicted molar refractivity (Wildman–Crippen MR) is 57.4 cm³/mol. The van der Waals surface area contributed by atoms with E-state index in [1.165, 1.54) is 0 Å². The third-order valence-electron chi connectivity index (χ3n) is 3.06. The van der Waals surface area contributed by atoms with Gasteiger partial charge in [-0.05, 0) is 19.8 Å². The minimum absolute atomic E-state index is 0.0367. The highest BCUT2D eigenvalue weighted by Crippen LogP contribution is 2.38. The predicted octanol–water partition coefficient (Wildman–Crippen LogP) is 2.26. The van der Waals surface area contributed by atoms with Gasteiger partial charge in [-0.1, -0.05) is 26.3 Å². The van der Waals surface area contributed by atoms with Gasteiger partial charge in [-0.25, -0.2) is 4.79 Å². The van der Waals surface area contributed by atoms with Gasteiger partial charge in [-0.15, -0.1) is 0 Å². The van der Waals surface area contributed by atoms with Gasteiger partial charge in [0.1, 0.15) is 0 Å². The van der Waals surface area contributed by atoms with Crippen LogP contribution in [0.25, 0.3) is 0 Å². The third kappa shape index (κ3) is 2.91. The summed E-state index contributed by atoms with van der Waals surface area (Å²) in [5.74, 6) is -0.445. The van der Waals surface area contributed by atoms with Gasteiger partial charge in [-0.3, -0.25) is 4.79 Å². The lowest BCUT2D eigenvalue weighted by Gasteiger charge is -2.21. The number of Topliss-reactive ketones (excluding diaryl/α,β-unsaturated/α-hetero) is 1. The van der Waals surface area contributed by atoms with Crippen LogP contribution in [0.3, 0.4) is 0 Å². The van der Waals surface area contributed by atoms with Gasteiger partial charge in [0, 0.05) is 11.0 Å². The normalized spacial score (nSPS) is 18.5. The van der Waals surface area contributed by atoms with Gasteiger partial charge in [0.25, 0.3) is 0 Å². The Morgan fingerprint density at radius 2 is 1.87 bits per heavy atom. The second-order valence-corrected chi connectivity index (χ2v) is 4.55. The average molecular weight is 210 g/mol. The van der Waals surface area contributed by atoms with Crippen molar-refractivity contribution >= 4 is 11.8 Å². The van der Waals surface area contributed by atoms with Crippen LogP contribution in [0.4, 0.5) is 0 Å². The molecule has 0 spiro atoms. The Bertz CT molecular complexity index is 285. The highest BCUT2D eigenvalue weighted by molar-refractivity contribution is 5.91. The molecule has 3 nitrogen and oxygen atoms in total. The highest BCUT2D eigenvalue weighted by Gasteiger charge is 2.36. The first-order chi connectivity index (χ1) is 6.96. The Kier molecular flexibility index (Phi) is 3.66. The Hall–Kier alpha value is -1.12. The summed E-state index contributed by atoms with van der Waals surface area (Å²) in [6.45, 7) is 6.88. The van der Waals surface area contributed by atoms with Gasteiger partial charge in [-0.2, -0.15) is 0 Å². The van der Waals surface area contributed by atoms with Gasteiger partial charge in [0.2, 0.25) is 0 Å². The van der Waals surface area contributed by atoms with E-state index in [9.17, 15) is 9.59 Å². The summed E-state index contributed by atoms with van der Waals surface area (Å²) in [5, 5.41) is 0. The summed E-state index contributed by atoms with van der Waals surface area (Å²) in [7, 11) is 0. The summed E-state index contributed by atoms with van der Waals surface area (Å²) in [6.07, 6.45) is 4.01. The Morgan fingerprint density at radius 3 is 2.33 bits per heavy atom. The number of ketones is 1. The summed E-state index contributed by atoms with van der Waals surface area (Å²) in [5.41, 5.74) is 0.0643. The van der Waals surface area contributed by atoms with Crippen LogP contribution in [0, 0.1) is 5.41 Å². The quantitative estimate of drug-likeness (QED) is 0.528. The standard InChI is InChI=1S/C12H18O3/c1-9(2)11(14)15-8-10(13)12(3)6-4-5-7-12/h1,4-8H2,2-3H3. The molecule has 0 aromatic rings. The Morgan fingerprint density at radius 1 is 1.33 bits per heavy atom. The zero-order chi connectivity index (χ0) is 11.5. The van der Waals surface area contributed by atoms with Crippen LogP contribution in [-0.4, -0.2) is 18.4 Å². The van der Waals surface area contributed by atoms with E-state index in [-0.39, 0.29) is 17.8 Å². The van der Waals surface area contributed by atoms with E-state index < -0.39 is 5.97 Å². The lowest BCUT2D eigenvalue weighted by atomic mass is 9.84. The maximum Gasteiger partial charge on any atom is 0.333 e. The SMILES string of the molecule is C=C(C)C(=O)OCC(=O)C1(C)CCCC1. The first-order valence-electron chi connectivity index (χ1n) is 5.32. The van der Waals surface area contributed by atoms with Crippen molar-refractivity contribution in [3.05, 3.63) is 12.2 Å². The molecule has 1 aliphatic carbocycles. The molecule has 0 heterocycles. The summed E-state index contributed by atoms with van der Waals surface area (Å²) >= 11 is 0. The van der Waals surface area contributed by atoms with Crippen molar-refractivity contribution in [1.29, 1.82) is 0 Å². The number of hydrogen-bond acceptors (Lipinski definition) is 3. The first-order valence-corrected chi connectivity index (χ1v) is 5.32. The number of ether oxygens (including phenoxy) is 1. The van der Waals surface area contributed by atoms with E-state index >= 15 is 0 Å². The lowest BCUT2D eigenvalue weighted by Crippen LogP contribution is -2.29. The van der Waals surface area contributed by atoms with Crippen LogP contribution in [0.1, 0.15) is 39.5 Å². The molecule has 3 heteroatoms. The minimum Gasteiger partial charge on any atom is -0.454 e. The molecule has 0 aliphatic heterocycles. The molecule has 0 radical (unpaired) electrons. The molecule has 0 amide bonds. The maximum atomic E-state index is 11.8. The van der Waals surface area contributed by atoms with E-state index in [4.69, 9.17) is 4.74 Å². The van der Waals surface area contributed by atoms with E-state index in [1.807, 2.05) is 6.92 Å². The molecular formula is C12H18O3. The number of hydrogen-bond donors (Lipinski definition) is 0. The van der Waals surface area contributed by atoms with Crippen molar-refractivity contribution in [3.63, 3.8) is 0 Å². The van der Waals surface area contributed by atoms with Gasteiger partial charge < -0.3 is 4.74 Å². The number of rotatable bonds is 4. The average Bonchev–Trinajstić information content (AvgIpc) is 2.62. The summed E-state index contributed by atoms with van der Waals surface area (Å²) in [4.78, 5) is 22.9. The Balaban J connectivity index is 2.42. The first kappa shape index (κ1) is 12.0. The molecule has 0 saturated heterocycles. The molecule has 15 heavy (non-hydrogen) atoms. The highest BCUT2D eigenvalue weighted by atomic mass is 16.5. The van der Waals surface area contributed by atoms with Crippen LogP contribution >= 0.6 is 0 Å². The molecule has 0 aromatic heterocycles. The van der Waals surface area contributed by atoms with Crippen molar-refractivity contribution in [2.24, 2.45) is 5.41 Å². The monoisotopic (exact) mass is 210 g/mol. The van der Waals surface area contributed by atoms with Gasteiger partial charge in [0.15, 0.2) is 12.4 Å². The van der Waals surface area contributed by atoms with Crippen molar-refractivity contribution in [3.8, 4) is 0 Å². The van der Waals surface area contributed by atoms with Crippen LogP contribution in [0.2, 0.25) is 0 Å². The van der Waals surface area contributed by atoms with E-state index in [1.54, 1.807) is 6.92 Å². The second kappa shape index (κ2) is 4.60. The van der Waals surface area contributed by atoms with Gasteiger partial charge >= 0.3 is 5.97 Å². The zero-order valence-corrected chi connectivity index (χ0v) is 9.47. The zero-order valence-electron chi connectivity index (χ0n) is 9.47. The van der Waals surface area contributed by atoms with E-state index in [2.05, 4.69) is 6.58 Å². The Labute approximate surface area is 90.5 Å². The topological polar surface area (TPSA) is 43.4 Å². The fraction of sp³-hybridized carbons (Fsp3) is 0.667. The van der Waals surface area contributed by atoms with Crippen molar-refractivity contribution in [2.75, 3.05) is 6.61 Å². The summed E-state index contributed by atoms with van der Waals surface area (Å²) in [6, 6.07) is 0. The van der Waals surface area contributed by atoms with Crippen LogP contribution in [0.15, 0.2) is 12.2 Å². The molecule has 0 bridgehead atoms. The van der Waals surface area contributed by atoms with Crippen LogP contribution in [-0.2, 0) is 14.3 Å². The molecule has 1 aliphatic rings. The van der Waals surface area contributed by atoms with Gasteiger partial charge in [0.05, 0.1) is 0 Å². The largest absolute Gasteiger partial charge is 0.454 e. The van der Waals surface area contributed by atoms with Crippen molar-refractivity contribution < 1.29 is 14.3 Å². The fourth-order valence-corrected chi connectivity index (χ4v) is 1.86. The molecule has 0 atom stereocenters. The lowest BCUT2D eigenvalue weighted by molar-refractivity contribution is -0.147. The van der Waals surface area contributed by atoms with Crippen molar-refractivity contribution in [1.82, 2.24) is 0 Å². The van der Waals surface area contributed by atoms with Crippen molar-refractivity contribution in [2.45, 2.75) is 39.5 Å². The molecule has 1 rings (SSSR count). The third-order valence-corrected chi connectivity index (χ3v) is 3.06. The number of carbonyl (C=O) groups is 2. The fourth-order valence-electron chi connectivity index (χ4n) is 1.86. The molecule has 1 fully saturated rings. The molecule has 1 saturated carbocycles. The minimum atomic E-state index is -0.482. The molecule has 0 unspecified atom stereocenters. The number of esters is 1. The van der Waals surface area contributed by atoms with E-state index in [0.717, 1.165) is 25.7 Å². The summed E-state index contributed by atoms with van der Waals surface area (Å²) < 4.78 is 4.85. The van der Waals surface area contributed by atoms with Crippen LogP contribution in [0.5, 0.6) is 0 Å². The molecular weight excluding hydrogens is 192 g/mol. The second-order valence-electron chi connectivity index (χ2n) is 4.55. The smallest absolute Gasteiger partial charge is 0.333 e.